The number of thiophene rings is 1. The Labute approximate surface area is 190 Å². The van der Waals surface area contributed by atoms with Gasteiger partial charge in [-0.15, -0.1) is 11.3 Å². The highest BCUT2D eigenvalue weighted by atomic mass is 32.2. The van der Waals surface area contributed by atoms with Gasteiger partial charge in [0.1, 0.15) is 4.83 Å². The number of carbonyl (C=O) groups is 1. The summed E-state index contributed by atoms with van der Waals surface area (Å²) in [5, 5.41) is 1.18. The van der Waals surface area contributed by atoms with Gasteiger partial charge in [-0.3, -0.25) is 14.2 Å². The van der Waals surface area contributed by atoms with Gasteiger partial charge in [-0.2, -0.15) is 0 Å². The summed E-state index contributed by atoms with van der Waals surface area (Å²) in [5.74, 6) is 0.274. The second-order valence-electron chi connectivity index (χ2n) is 7.64. The smallest absolute Gasteiger partial charge is 0.267 e. The zero-order valence-corrected chi connectivity index (χ0v) is 19.7. The fourth-order valence-corrected chi connectivity index (χ4v) is 5.80. The quantitative estimate of drug-likeness (QED) is 0.209. The molecule has 0 atom stereocenters. The molecule has 2 aromatic carbocycles. The van der Waals surface area contributed by atoms with Crippen molar-refractivity contribution in [3.05, 3.63) is 86.0 Å². The molecule has 0 saturated carbocycles. The predicted molar refractivity (Wildman–Crippen MR) is 130 cm³/mol. The monoisotopic (exact) mass is 448 g/mol. The van der Waals surface area contributed by atoms with Gasteiger partial charge in [-0.25, -0.2) is 4.98 Å². The summed E-state index contributed by atoms with van der Waals surface area (Å²) in [6.45, 7) is 8.05. The van der Waals surface area contributed by atoms with Crippen LogP contribution in [0.15, 0.2) is 58.5 Å². The van der Waals surface area contributed by atoms with Crippen molar-refractivity contribution in [2.45, 2.75) is 39.3 Å². The molecular weight excluding hydrogens is 424 g/mol. The summed E-state index contributed by atoms with van der Waals surface area (Å²) in [7, 11) is 0. The first-order valence-electron chi connectivity index (χ1n) is 10.2. The van der Waals surface area contributed by atoms with E-state index in [2.05, 4.69) is 6.92 Å². The SMILES string of the molecule is CCc1cc2c(=O)n(-c3ccccc3)c(SCC(=O)c3c(C)cc(C)cc3C)nc2s1. The molecule has 0 spiro atoms. The molecule has 0 amide bonds. The Morgan fingerprint density at radius 1 is 1.06 bits per heavy atom. The number of aromatic nitrogens is 2. The molecule has 31 heavy (non-hydrogen) atoms. The van der Waals surface area contributed by atoms with Crippen molar-refractivity contribution in [3.8, 4) is 5.69 Å². The minimum absolute atomic E-state index is 0.0504. The Bertz CT molecular complexity index is 1310. The van der Waals surface area contributed by atoms with Crippen LogP contribution in [-0.4, -0.2) is 21.1 Å². The molecule has 0 fully saturated rings. The number of fused-ring (bicyclic) bond motifs is 1. The molecule has 0 radical (unpaired) electrons. The van der Waals surface area contributed by atoms with Gasteiger partial charge < -0.3 is 0 Å². The lowest BCUT2D eigenvalue weighted by Crippen LogP contribution is -2.21. The van der Waals surface area contributed by atoms with Crippen molar-refractivity contribution in [2.75, 3.05) is 5.75 Å². The molecule has 2 heterocycles. The maximum absolute atomic E-state index is 13.4. The average Bonchev–Trinajstić information content (AvgIpc) is 3.16. The number of ketones is 1. The number of nitrogens with zero attached hydrogens (tertiary/aromatic N) is 2. The van der Waals surface area contributed by atoms with Gasteiger partial charge in [0, 0.05) is 10.4 Å². The number of carbonyl (C=O) groups excluding carboxylic acids is 1. The minimum atomic E-state index is -0.0928. The van der Waals surface area contributed by atoms with Gasteiger partial charge >= 0.3 is 0 Å². The lowest BCUT2D eigenvalue weighted by molar-refractivity contribution is 0.102. The van der Waals surface area contributed by atoms with Crippen molar-refractivity contribution < 1.29 is 4.79 Å². The van der Waals surface area contributed by atoms with Gasteiger partial charge in [-0.1, -0.05) is 54.6 Å². The summed E-state index contributed by atoms with van der Waals surface area (Å²) >= 11 is 2.87. The highest BCUT2D eigenvalue weighted by Crippen LogP contribution is 2.28. The first-order valence-corrected chi connectivity index (χ1v) is 12.0. The van der Waals surface area contributed by atoms with E-state index in [9.17, 15) is 9.59 Å². The Balaban J connectivity index is 1.76. The van der Waals surface area contributed by atoms with Crippen LogP contribution in [0.1, 0.15) is 38.8 Å². The second kappa shape index (κ2) is 8.81. The van der Waals surface area contributed by atoms with Crippen LogP contribution in [0.3, 0.4) is 0 Å². The fourth-order valence-electron chi connectivity index (χ4n) is 3.91. The number of Topliss-reactive ketones (excluding diaryl/α,β-unsaturated/α-hetero) is 1. The molecule has 158 valence electrons. The maximum atomic E-state index is 13.4. The minimum Gasteiger partial charge on any atom is -0.293 e. The Morgan fingerprint density at radius 3 is 2.39 bits per heavy atom. The van der Waals surface area contributed by atoms with E-state index in [1.807, 2.05) is 69.3 Å². The van der Waals surface area contributed by atoms with E-state index in [0.29, 0.717) is 10.5 Å². The van der Waals surface area contributed by atoms with Gasteiger partial charge in [0.25, 0.3) is 5.56 Å². The topological polar surface area (TPSA) is 52.0 Å². The van der Waals surface area contributed by atoms with Crippen LogP contribution in [0, 0.1) is 20.8 Å². The number of hydrogen-bond acceptors (Lipinski definition) is 5. The van der Waals surface area contributed by atoms with Crippen LogP contribution in [0.25, 0.3) is 15.9 Å². The van der Waals surface area contributed by atoms with Crippen LogP contribution in [0.2, 0.25) is 0 Å². The Kier molecular flexibility index (Phi) is 6.12. The van der Waals surface area contributed by atoms with E-state index in [1.54, 1.807) is 15.9 Å². The lowest BCUT2D eigenvalue weighted by atomic mass is 9.97. The molecule has 0 N–H and O–H groups in total. The molecular formula is C25H24N2O2S2. The summed E-state index contributed by atoms with van der Waals surface area (Å²) in [6, 6.07) is 15.5. The van der Waals surface area contributed by atoms with Gasteiger partial charge in [0.2, 0.25) is 0 Å². The molecule has 0 saturated heterocycles. The molecule has 4 aromatic rings. The van der Waals surface area contributed by atoms with Gasteiger partial charge in [-0.05, 0) is 56.5 Å². The van der Waals surface area contributed by atoms with E-state index < -0.39 is 0 Å². The third-order valence-corrected chi connectivity index (χ3v) is 7.35. The van der Waals surface area contributed by atoms with E-state index >= 15 is 0 Å². The normalized spacial score (nSPS) is 11.2. The van der Waals surface area contributed by atoms with Crippen LogP contribution < -0.4 is 5.56 Å². The summed E-state index contributed by atoms with van der Waals surface area (Å²) in [4.78, 5) is 33.1. The number of para-hydroxylation sites is 1. The van der Waals surface area contributed by atoms with Crippen LogP contribution >= 0.6 is 23.1 Å². The average molecular weight is 449 g/mol. The number of thioether (sulfide) groups is 1. The Morgan fingerprint density at radius 2 is 1.74 bits per heavy atom. The zero-order valence-electron chi connectivity index (χ0n) is 18.1. The molecule has 2 aromatic heterocycles. The highest BCUT2D eigenvalue weighted by Gasteiger charge is 2.19. The van der Waals surface area contributed by atoms with E-state index in [4.69, 9.17) is 4.98 Å². The summed E-state index contributed by atoms with van der Waals surface area (Å²) in [5.41, 5.74) is 4.54. The van der Waals surface area contributed by atoms with Gasteiger partial charge in [0.15, 0.2) is 10.9 Å². The number of benzene rings is 2. The lowest BCUT2D eigenvalue weighted by Gasteiger charge is -2.13. The molecule has 4 rings (SSSR count). The zero-order chi connectivity index (χ0) is 22.1. The highest BCUT2D eigenvalue weighted by molar-refractivity contribution is 7.99. The third kappa shape index (κ3) is 4.23. The number of aryl methyl sites for hydroxylation is 4. The molecule has 4 nitrogen and oxygen atoms in total. The number of hydrogen-bond donors (Lipinski definition) is 0. The van der Waals surface area contributed by atoms with E-state index in [1.165, 1.54) is 11.8 Å². The largest absolute Gasteiger partial charge is 0.293 e. The first-order chi connectivity index (χ1) is 14.9. The molecule has 0 bridgehead atoms. The standard InChI is InChI=1S/C25H24N2O2S2/c1-5-19-13-20-23(31-19)26-25(27(24(20)29)18-9-7-6-8-10-18)30-14-21(28)22-16(3)11-15(2)12-17(22)4/h6-13H,5,14H2,1-4H3. The third-order valence-electron chi connectivity index (χ3n) is 5.24. The van der Waals surface area contributed by atoms with Gasteiger partial charge in [0.05, 0.1) is 16.8 Å². The summed E-state index contributed by atoms with van der Waals surface area (Å²) < 4.78 is 1.63. The fraction of sp³-hybridized carbons (Fsp3) is 0.240. The maximum Gasteiger partial charge on any atom is 0.267 e. The molecule has 6 heteroatoms. The van der Waals surface area contributed by atoms with Crippen molar-refractivity contribution in [2.24, 2.45) is 0 Å². The van der Waals surface area contributed by atoms with Crippen LogP contribution in [-0.2, 0) is 6.42 Å². The van der Waals surface area contributed by atoms with Crippen molar-refractivity contribution in [1.82, 2.24) is 9.55 Å². The van der Waals surface area contributed by atoms with Crippen molar-refractivity contribution in [3.63, 3.8) is 0 Å². The molecule has 0 aliphatic carbocycles. The van der Waals surface area contributed by atoms with Crippen molar-refractivity contribution >= 4 is 39.1 Å². The number of rotatable bonds is 6. The summed E-state index contributed by atoms with van der Waals surface area (Å²) in [6.07, 6.45) is 0.860. The van der Waals surface area contributed by atoms with Crippen molar-refractivity contribution in [1.29, 1.82) is 0 Å². The first kappa shape index (κ1) is 21.5. The predicted octanol–water partition coefficient (Wildman–Crippen LogP) is 5.91. The molecule has 0 unspecified atom stereocenters. The second-order valence-corrected chi connectivity index (χ2v) is 9.70. The molecule has 0 aliphatic rings. The Hall–Kier alpha value is -2.70. The van der Waals surface area contributed by atoms with E-state index in [0.717, 1.165) is 44.1 Å². The van der Waals surface area contributed by atoms with E-state index in [-0.39, 0.29) is 17.1 Å². The molecule has 0 aliphatic heterocycles. The van der Waals surface area contributed by atoms with Crippen LogP contribution in [0.5, 0.6) is 0 Å². The van der Waals surface area contributed by atoms with Crippen LogP contribution in [0.4, 0.5) is 0 Å².